The van der Waals surface area contributed by atoms with E-state index in [0.29, 0.717) is 0 Å². The second kappa shape index (κ2) is 6.13. The van der Waals surface area contributed by atoms with Gasteiger partial charge in [-0.2, -0.15) is 0 Å². The van der Waals surface area contributed by atoms with Crippen LogP contribution in [-0.4, -0.2) is 12.5 Å². The molecule has 0 bridgehead atoms. The van der Waals surface area contributed by atoms with E-state index in [-0.39, 0.29) is 12.7 Å². The lowest BCUT2D eigenvalue weighted by Crippen LogP contribution is -2.13. The summed E-state index contributed by atoms with van der Waals surface area (Å²) in [7, 11) is 0. The summed E-state index contributed by atoms with van der Waals surface area (Å²) in [5.74, 6) is -0.463. The van der Waals surface area contributed by atoms with Crippen molar-refractivity contribution in [2.75, 3.05) is 6.54 Å². The molecule has 0 heterocycles. The van der Waals surface area contributed by atoms with Crippen LogP contribution in [0, 0.1) is 0 Å². The van der Waals surface area contributed by atoms with Gasteiger partial charge >= 0.3 is 5.97 Å². The molecular formula is C4H10N2O2. The lowest BCUT2D eigenvalue weighted by Gasteiger charge is -1.89. The minimum absolute atomic E-state index is 0. The van der Waals surface area contributed by atoms with Crippen molar-refractivity contribution in [1.29, 1.82) is 0 Å². The van der Waals surface area contributed by atoms with Gasteiger partial charge in [0.1, 0.15) is 0 Å². The first kappa shape index (κ1) is 10.2. The number of rotatable bonds is 2. The molecule has 0 fully saturated rings. The first-order chi connectivity index (χ1) is 3.31. The smallest absolute Gasteiger partial charge is 0.324 e. The van der Waals surface area contributed by atoms with Gasteiger partial charge in [-0.05, 0) is 0 Å². The maximum Gasteiger partial charge on any atom is 0.324 e. The molecule has 0 rings (SSSR count). The first-order valence-corrected chi connectivity index (χ1v) is 1.81. The van der Waals surface area contributed by atoms with Crippen LogP contribution in [0.1, 0.15) is 0 Å². The summed E-state index contributed by atoms with van der Waals surface area (Å²) in [6.07, 6.45) is 1.05. The molecule has 5 N–H and O–H groups in total. The fourth-order valence-electron chi connectivity index (χ4n) is 0.141. The van der Waals surface area contributed by atoms with E-state index in [9.17, 15) is 4.79 Å². The number of hydrogen-bond donors (Lipinski definition) is 2. The van der Waals surface area contributed by atoms with Crippen molar-refractivity contribution in [3.8, 4) is 0 Å². The van der Waals surface area contributed by atoms with E-state index in [1.807, 2.05) is 0 Å². The predicted molar refractivity (Wildman–Crippen MR) is 30.4 cm³/mol. The Balaban J connectivity index is 0. The van der Waals surface area contributed by atoms with E-state index in [1.54, 1.807) is 0 Å². The zero-order valence-corrected chi connectivity index (χ0v) is 4.59. The Bertz CT molecular complexity index is 82.1. The van der Waals surface area contributed by atoms with Crippen LogP contribution in [0.5, 0.6) is 0 Å². The van der Waals surface area contributed by atoms with Crippen LogP contribution in [0.25, 0.3) is 0 Å². The summed E-state index contributed by atoms with van der Waals surface area (Å²) in [4.78, 5) is 9.99. The summed E-state index contributed by atoms with van der Waals surface area (Å²) in [6.45, 7) is 3.06. The third kappa shape index (κ3) is 5.13. The fourth-order valence-corrected chi connectivity index (χ4v) is 0.141. The van der Waals surface area contributed by atoms with Crippen LogP contribution in [0.4, 0.5) is 0 Å². The summed E-state index contributed by atoms with van der Waals surface area (Å²) in [5, 5.41) is 0. The molecule has 0 aromatic carbocycles. The zero-order valence-electron chi connectivity index (χ0n) is 4.59. The van der Waals surface area contributed by atoms with E-state index in [1.165, 1.54) is 0 Å². The predicted octanol–water partition coefficient (Wildman–Crippen LogP) is -0.206. The molecule has 0 spiro atoms. The van der Waals surface area contributed by atoms with Crippen molar-refractivity contribution in [1.82, 2.24) is 6.15 Å². The summed E-state index contributed by atoms with van der Waals surface area (Å²) in [6, 6.07) is 0. The van der Waals surface area contributed by atoms with E-state index < -0.39 is 5.97 Å². The lowest BCUT2D eigenvalue weighted by atomic mass is 10.7. The molecule has 0 amide bonds. The van der Waals surface area contributed by atoms with Gasteiger partial charge in [-0.15, -0.1) is 0 Å². The molecule has 4 nitrogen and oxygen atoms in total. The highest BCUT2D eigenvalue weighted by molar-refractivity contribution is 5.71. The third-order valence-corrected chi connectivity index (χ3v) is 0.381. The Morgan fingerprint density at radius 3 is 2.50 bits per heavy atom. The highest BCUT2D eigenvalue weighted by Crippen LogP contribution is 1.70. The molecular weight excluding hydrogens is 108 g/mol. The van der Waals surface area contributed by atoms with Crippen LogP contribution in [0.3, 0.4) is 0 Å². The van der Waals surface area contributed by atoms with Gasteiger partial charge in [-0.3, -0.25) is 4.79 Å². The van der Waals surface area contributed by atoms with E-state index in [4.69, 9.17) is 5.73 Å². The fraction of sp³-hybridized carbons (Fsp3) is 0.250. The molecule has 0 atom stereocenters. The average molecular weight is 118 g/mol. The average Bonchev–Trinajstić information content (AvgIpc) is 1.68. The second-order valence-electron chi connectivity index (χ2n) is 0.861. The molecule has 0 aliphatic heterocycles. The number of carbonyl (C=O) groups excluding carboxylic acids is 1. The summed E-state index contributed by atoms with van der Waals surface area (Å²) in [5.41, 5.74) is 4.84. The highest BCUT2D eigenvalue weighted by Gasteiger charge is 1.90. The molecule has 0 unspecified atom stereocenters. The maximum atomic E-state index is 9.99. The maximum absolute atomic E-state index is 9.99. The SMILES string of the molecule is C=COC(=O)CN.N. The van der Waals surface area contributed by atoms with Crippen molar-refractivity contribution < 1.29 is 9.53 Å². The topological polar surface area (TPSA) is 87.3 Å². The lowest BCUT2D eigenvalue weighted by molar-refractivity contribution is -0.136. The molecule has 4 heteroatoms. The molecule has 0 radical (unpaired) electrons. The molecule has 0 aromatic heterocycles. The molecule has 0 saturated heterocycles. The highest BCUT2D eigenvalue weighted by atomic mass is 16.5. The number of esters is 1. The van der Waals surface area contributed by atoms with Crippen LogP contribution in [0.15, 0.2) is 12.8 Å². The number of nitrogens with two attached hydrogens (primary N) is 1. The number of carbonyl (C=O) groups is 1. The van der Waals surface area contributed by atoms with Gasteiger partial charge in [0.15, 0.2) is 0 Å². The van der Waals surface area contributed by atoms with Crippen LogP contribution >= 0.6 is 0 Å². The van der Waals surface area contributed by atoms with Crippen LogP contribution < -0.4 is 11.9 Å². The van der Waals surface area contributed by atoms with Gasteiger partial charge in [0.25, 0.3) is 0 Å². The first-order valence-electron chi connectivity index (χ1n) is 1.81. The monoisotopic (exact) mass is 118 g/mol. The Labute approximate surface area is 47.9 Å². The number of ether oxygens (including phenoxy) is 1. The number of hydrogen-bond acceptors (Lipinski definition) is 4. The second-order valence-corrected chi connectivity index (χ2v) is 0.861. The largest absolute Gasteiger partial charge is 0.434 e. The summed E-state index contributed by atoms with van der Waals surface area (Å²) >= 11 is 0. The van der Waals surface area contributed by atoms with Crippen molar-refractivity contribution in [2.45, 2.75) is 0 Å². The Morgan fingerprint density at radius 1 is 1.88 bits per heavy atom. The van der Waals surface area contributed by atoms with Gasteiger partial charge in [0.2, 0.25) is 0 Å². The van der Waals surface area contributed by atoms with Crippen LogP contribution in [-0.2, 0) is 9.53 Å². The molecule has 8 heavy (non-hydrogen) atoms. The Kier molecular flexibility index (Phi) is 7.80. The summed E-state index contributed by atoms with van der Waals surface area (Å²) < 4.78 is 4.19. The van der Waals surface area contributed by atoms with E-state index in [0.717, 1.165) is 6.26 Å². The molecule has 0 aromatic rings. The normalized spacial score (nSPS) is 6.62. The molecule has 0 saturated carbocycles. The molecule has 0 aliphatic carbocycles. The van der Waals surface area contributed by atoms with Crippen molar-refractivity contribution in [3.05, 3.63) is 12.8 Å². The minimum atomic E-state index is -0.463. The van der Waals surface area contributed by atoms with Crippen molar-refractivity contribution >= 4 is 5.97 Å². The van der Waals surface area contributed by atoms with Gasteiger partial charge in [-0.1, -0.05) is 6.58 Å². The third-order valence-electron chi connectivity index (χ3n) is 0.381. The molecule has 0 aliphatic rings. The quantitative estimate of drug-likeness (QED) is 0.388. The zero-order chi connectivity index (χ0) is 5.70. The molecule has 48 valence electrons. The minimum Gasteiger partial charge on any atom is -0.434 e. The Morgan fingerprint density at radius 2 is 2.38 bits per heavy atom. The standard InChI is InChI=1S/C4H7NO2.H3N/c1-2-7-4(6)3-5;/h2H,1,3,5H2;1H3. The van der Waals surface area contributed by atoms with Gasteiger partial charge in [-0.25, -0.2) is 0 Å². The van der Waals surface area contributed by atoms with E-state index in [2.05, 4.69) is 11.3 Å². The van der Waals surface area contributed by atoms with Crippen LogP contribution in [0.2, 0.25) is 0 Å². The van der Waals surface area contributed by atoms with Crippen molar-refractivity contribution in [3.63, 3.8) is 0 Å². The van der Waals surface area contributed by atoms with E-state index >= 15 is 0 Å². The van der Waals surface area contributed by atoms with Gasteiger partial charge in [0.05, 0.1) is 12.8 Å². The van der Waals surface area contributed by atoms with Gasteiger partial charge < -0.3 is 16.6 Å². The van der Waals surface area contributed by atoms with Crippen molar-refractivity contribution in [2.24, 2.45) is 5.73 Å². The van der Waals surface area contributed by atoms with Gasteiger partial charge in [0, 0.05) is 0 Å². The Hall–Kier alpha value is -0.870.